The molecule has 3 rings (SSSR count). The monoisotopic (exact) mass is 207 g/mol. The molecule has 1 heterocycles. The third-order valence-electron chi connectivity index (χ3n) is 2.93. The third-order valence-corrected chi connectivity index (χ3v) is 2.93. The molecule has 78 valence electrons. The minimum atomic E-state index is 1.25. The molecule has 0 unspecified atom stereocenters. The Kier molecular flexibility index (Phi) is 2.03. The summed E-state index contributed by atoms with van der Waals surface area (Å²) in [6.45, 7) is 0. The van der Waals surface area contributed by atoms with Gasteiger partial charge in [-0.2, -0.15) is 0 Å². The quantitative estimate of drug-likeness (QED) is 0.672. The molecule has 1 aromatic heterocycles. The predicted molar refractivity (Wildman–Crippen MR) is 69.2 cm³/mol. The van der Waals surface area contributed by atoms with Gasteiger partial charge in [-0.05, 0) is 35.4 Å². The summed E-state index contributed by atoms with van der Waals surface area (Å²) in [5.74, 6) is 0. The van der Waals surface area contributed by atoms with Gasteiger partial charge in [0.25, 0.3) is 0 Å². The van der Waals surface area contributed by atoms with Gasteiger partial charge in [0.15, 0.2) is 0 Å². The van der Waals surface area contributed by atoms with Crippen LogP contribution in [0.1, 0.15) is 5.56 Å². The number of benzene rings is 1. The first kappa shape index (κ1) is 9.22. The van der Waals surface area contributed by atoms with E-state index >= 15 is 0 Å². The zero-order chi connectivity index (χ0) is 11.0. The fraction of sp³-hybridized carbons (Fsp3) is 0.0667. The Balaban J connectivity index is 2.08. The molecule has 1 heteroatoms. The first-order chi connectivity index (χ1) is 7.83. The van der Waals surface area contributed by atoms with Crippen LogP contribution in [0.15, 0.2) is 60.3 Å². The summed E-state index contributed by atoms with van der Waals surface area (Å²) < 4.78 is 2.14. The zero-order valence-electron chi connectivity index (χ0n) is 9.22. The fourth-order valence-corrected chi connectivity index (χ4v) is 2.07. The van der Waals surface area contributed by atoms with Crippen LogP contribution in [0.4, 0.5) is 0 Å². The van der Waals surface area contributed by atoms with Crippen molar-refractivity contribution < 1.29 is 0 Å². The molecule has 0 aliphatic heterocycles. The maximum absolute atomic E-state index is 2.22. The fourth-order valence-electron chi connectivity index (χ4n) is 2.07. The van der Waals surface area contributed by atoms with Crippen LogP contribution >= 0.6 is 0 Å². The van der Waals surface area contributed by atoms with Gasteiger partial charge in [0.1, 0.15) is 0 Å². The number of rotatable bonds is 1. The second-order valence-electron chi connectivity index (χ2n) is 4.11. The molecule has 2 aromatic rings. The lowest BCUT2D eigenvalue weighted by Crippen LogP contribution is -1.83. The van der Waals surface area contributed by atoms with E-state index in [4.69, 9.17) is 0 Å². The molecule has 0 saturated carbocycles. The van der Waals surface area contributed by atoms with E-state index in [0.717, 1.165) is 0 Å². The molecule has 0 fully saturated rings. The van der Waals surface area contributed by atoms with Gasteiger partial charge in [-0.1, -0.05) is 30.4 Å². The Bertz CT molecular complexity index is 610. The third kappa shape index (κ3) is 1.50. The maximum Gasteiger partial charge on any atom is 0.0478 e. The van der Waals surface area contributed by atoms with Crippen molar-refractivity contribution >= 4 is 17.0 Å². The standard InChI is InChI=1S/C15H13N/c1-16-9-8-14-11-13(6-7-15(14)16)10-12-4-2-3-5-12/h2-11H,1H3. The zero-order valence-corrected chi connectivity index (χ0v) is 9.22. The molecule has 0 saturated heterocycles. The molecular formula is C15H13N. The summed E-state index contributed by atoms with van der Waals surface area (Å²) in [7, 11) is 2.07. The summed E-state index contributed by atoms with van der Waals surface area (Å²) in [5, 5.41) is 1.29. The lowest BCUT2D eigenvalue weighted by molar-refractivity contribution is 0.969. The van der Waals surface area contributed by atoms with Crippen molar-refractivity contribution in [3.05, 3.63) is 65.9 Å². The molecule has 0 N–H and O–H groups in total. The second-order valence-corrected chi connectivity index (χ2v) is 4.11. The normalized spacial score (nSPS) is 13.9. The molecule has 0 amide bonds. The van der Waals surface area contributed by atoms with Crippen LogP contribution in [0.3, 0.4) is 0 Å². The SMILES string of the molecule is Cn1ccc2cc(C=C3C=CC=C3)ccc21. The van der Waals surface area contributed by atoms with Crippen molar-refractivity contribution in [1.82, 2.24) is 4.57 Å². The van der Waals surface area contributed by atoms with Crippen LogP contribution in [-0.4, -0.2) is 4.57 Å². The smallest absolute Gasteiger partial charge is 0.0478 e. The molecule has 1 nitrogen and oxygen atoms in total. The first-order valence-corrected chi connectivity index (χ1v) is 5.44. The van der Waals surface area contributed by atoms with E-state index < -0.39 is 0 Å². The lowest BCUT2D eigenvalue weighted by atomic mass is 10.1. The Morgan fingerprint density at radius 2 is 1.88 bits per heavy atom. The Labute approximate surface area is 95.0 Å². The van der Waals surface area contributed by atoms with Gasteiger partial charge in [0.05, 0.1) is 0 Å². The number of hydrogen-bond donors (Lipinski definition) is 0. The summed E-state index contributed by atoms with van der Waals surface area (Å²) in [6.07, 6.45) is 12.7. The molecule has 1 aliphatic rings. The molecule has 0 bridgehead atoms. The van der Waals surface area contributed by atoms with Crippen molar-refractivity contribution in [2.45, 2.75) is 0 Å². The Hall–Kier alpha value is -2.02. The van der Waals surface area contributed by atoms with Crippen LogP contribution in [0.2, 0.25) is 0 Å². The average molecular weight is 207 g/mol. The largest absolute Gasteiger partial charge is 0.351 e. The van der Waals surface area contributed by atoms with Crippen LogP contribution < -0.4 is 0 Å². The van der Waals surface area contributed by atoms with E-state index in [9.17, 15) is 0 Å². The van der Waals surface area contributed by atoms with Gasteiger partial charge in [0.2, 0.25) is 0 Å². The maximum atomic E-state index is 2.22. The van der Waals surface area contributed by atoms with Crippen molar-refractivity contribution in [3.8, 4) is 0 Å². The summed E-state index contributed by atoms with van der Waals surface area (Å²) in [6, 6.07) is 8.71. The van der Waals surface area contributed by atoms with E-state index in [2.05, 4.69) is 72.5 Å². The van der Waals surface area contributed by atoms with Gasteiger partial charge in [-0.25, -0.2) is 0 Å². The number of hydrogen-bond acceptors (Lipinski definition) is 0. The van der Waals surface area contributed by atoms with Crippen LogP contribution in [0.25, 0.3) is 17.0 Å². The average Bonchev–Trinajstić information content (AvgIpc) is 2.90. The lowest BCUT2D eigenvalue weighted by Gasteiger charge is -1.98. The van der Waals surface area contributed by atoms with Crippen molar-refractivity contribution in [1.29, 1.82) is 0 Å². The summed E-state index contributed by atoms with van der Waals surface area (Å²) in [4.78, 5) is 0. The number of fused-ring (bicyclic) bond motifs is 1. The van der Waals surface area contributed by atoms with E-state index in [1.165, 1.54) is 22.0 Å². The number of aromatic nitrogens is 1. The van der Waals surface area contributed by atoms with Gasteiger partial charge < -0.3 is 4.57 Å². The highest BCUT2D eigenvalue weighted by atomic mass is 14.9. The van der Waals surface area contributed by atoms with Crippen LogP contribution in [0, 0.1) is 0 Å². The molecule has 0 atom stereocenters. The van der Waals surface area contributed by atoms with E-state index in [-0.39, 0.29) is 0 Å². The van der Waals surface area contributed by atoms with Gasteiger partial charge in [-0.15, -0.1) is 0 Å². The summed E-state index contributed by atoms with van der Waals surface area (Å²) >= 11 is 0. The number of nitrogens with zero attached hydrogens (tertiary/aromatic N) is 1. The molecule has 1 aromatic carbocycles. The van der Waals surface area contributed by atoms with Gasteiger partial charge in [0, 0.05) is 24.1 Å². The summed E-state index contributed by atoms with van der Waals surface area (Å²) in [5.41, 5.74) is 3.79. The van der Waals surface area contributed by atoms with Crippen LogP contribution in [-0.2, 0) is 7.05 Å². The minimum absolute atomic E-state index is 1.25. The Morgan fingerprint density at radius 3 is 2.69 bits per heavy atom. The van der Waals surface area contributed by atoms with Crippen molar-refractivity contribution in [2.24, 2.45) is 7.05 Å². The van der Waals surface area contributed by atoms with Crippen molar-refractivity contribution in [2.75, 3.05) is 0 Å². The Morgan fingerprint density at radius 1 is 1.06 bits per heavy atom. The van der Waals surface area contributed by atoms with Gasteiger partial charge in [-0.3, -0.25) is 0 Å². The number of aryl methyl sites for hydroxylation is 1. The second kappa shape index (κ2) is 3.53. The topological polar surface area (TPSA) is 4.93 Å². The highest BCUT2D eigenvalue weighted by molar-refractivity contribution is 5.83. The van der Waals surface area contributed by atoms with E-state index in [0.29, 0.717) is 0 Å². The molecule has 16 heavy (non-hydrogen) atoms. The highest BCUT2D eigenvalue weighted by Crippen LogP contribution is 2.19. The number of allylic oxidation sites excluding steroid dienone is 5. The molecule has 0 radical (unpaired) electrons. The van der Waals surface area contributed by atoms with Crippen LogP contribution in [0.5, 0.6) is 0 Å². The molecule has 1 aliphatic carbocycles. The first-order valence-electron chi connectivity index (χ1n) is 5.44. The van der Waals surface area contributed by atoms with E-state index in [1.807, 2.05) is 0 Å². The highest BCUT2D eigenvalue weighted by Gasteiger charge is 1.99. The van der Waals surface area contributed by atoms with E-state index in [1.54, 1.807) is 0 Å². The minimum Gasteiger partial charge on any atom is -0.351 e. The predicted octanol–water partition coefficient (Wildman–Crippen LogP) is 3.69. The van der Waals surface area contributed by atoms with Gasteiger partial charge >= 0.3 is 0 Å². The molecular weight excluding hydrogens is 194 g/mol. The molecule has 0 spiro atoms. The van der Waals surface area contributed by atoms with Crippen molar-refractivity contribution in [3.63, 3.8) is 0 Å².